The highest BCUT2D eigenvalue weighted by Crippen LogP contribution is 2.33. The van der Waals surface area contributed by atoms with Crippen molar-refractivity contribution in [1.82, 2.24) is 20.0 Å². The van der Waals surface area contributed by atoms with Crippen LogP contribution in [0.1, 0.15) is 36.1 Å². The molecule has 1 aliphatic heterocycles. The van der Waals surface area contributed by atoms with E-state index in [1.807, 2.05) is 24.4 Å². The molecule has 0 bridgehead atoms. The topological polar surface area (TPSA) is 55.1 Å². The van der Waals surface area contributed by atoms with E-state index in [4.69, 9.17) is 4.52 Å². The van der Waals surface area contributed by atoms with E-state index >= 15 is 0 Å². The van der Waals surface area contributed by atoms with E-state index < -0.39 is 0 Å². The smallest absolute Gasteiger partial charge is 0.151 e. The van der Waals surface area contributed by atoms with Gasteiger partial charge in [-0.1, -0.05) is 11.6 Å². The largest absolute Gasteiger partial charge is 0.359 e. The number of piperidine rings is 1. The number of hydrogen-bond acceptors (Lipinski definition) is 6. The van der Waals surface area contributed by atoms with Crippen LogP contribution in [-0.4, -0.2) is 26.6 Å². The minimum Gasteiger partial charge on any atom is -0.359 e. The van der Waals surface area contributed by atoms with Gasteiger partial charge in [0, 0.05) is 35.6 Å². The third kappa shape index (κ3) is 3.18. The summed E-state index contributed by atoms with van der Waals surface area (Å²) in [5.74, 6) is 0.903. The summed E-state index contributed by atoms with van der Waals surface area (Å²) in [7, 11) is 0. The minimum atomic E-state index is 0.401. The van der Waals surface area contributed by atoms with Gasteiger partial charge in [0.05, 0.1) is 12.6 Å². The molecule has 1 fully saturated rings. The Hall–Kier alpha value is -2.05. The first kappa shape index (κ1) is 14.5. The number of rotatable bonds is 4. The summed E-state index contributed by atoms with van der Waals surface area (Å²) in [6.07, 6.45) is 9.09. The first-order chi connectivity index (χ1) is 11.4. The summed E-state index contributed by atoms with van der Waals surface area (Å²) >= 11 is 1.74. The highest BCUT2D eigenvalue weighted by atomic mass is 32.1. The molecule has 4 heterocycles. The maximum atomic E-state index is 5.56. The van der Waals surface area contributed by atoms with E-state index in [1.54, 1.807) is 23.7 Å². The molecule has 23 heavy (non-hydrogen) atoms. The molecule has 6 heteroatoms. The zero-order valence-electron chi connectivity index (χ0n) is 12.8. The van der Waals surface area contributed by atoms with Crippen LogP contribution in [0.2, 0.25) is 0 Å². The Morgan fingerprint density at radius 2 is 2.13 bits per heavy atom. The Balaban J connectivity index is 1.52. The second kappa shape index (κ2) is 6.60. The van der Waals surface area contributed by atoms with E-state index in [-0.39, 0.29) is 0 Å². The average Bonchev–Trinajstić information content (AvgIpc) is 3.28. The maximum Gasteiger partial charge on any atom is 0.151 e. The molecule has 1 atom stereocenters. The van der Waals surface area contributed by atoms with Gasteiger partial charge in [0.1, 0.15) is 10.7 Å². The van der Waals surface area contributed by atoms with Gasteiger partial charge in [0.2, 0.25) is 0 Å². The van der Waals surface area contributed by atoms with E-state index in [1.165, 1.54) is 24.3 Å². The molecule has 0 spiro atoms. The summed E-state index contributed by atoms with van der Waals surface area (Å²) in [4.78, 5) is 11.0. The van der Waals surface area contributed by atoms with Gasteiger partial charge in [-0.2, -0.15) is 0 Å². The van der Waals surface area contributed by atoms with Crippen LogP contribution in [0.4, 0.5) is 0 Å². The Morgan fingerprint density at radius 1 is 1.22 bits per heavy atom. The minimum absolute atomic E-state index is 0.401. The van der Waals surface area contributed by atoms with Crippen LogP contribution >= 0.6 is 11.3 Å². The number of thiazole rings is 1. The van der Waals surface area contributed by atoms with Crippen molar-refractivity contribution in [3.05, 3.63) is 52.9 Å². The van der Waals surface area contributed by atoms with E-state index in [0.717, 1.165) is 30.1 Å². The van der Waals surface area contributed by atoms with Crippen molar-refractivity contribution in [1.29, 1.82) is 0 Å². The quantitative estimate of drug-likeness (QED) is 0.727. The molecule has 0 radical (unpaired) electrons. The number of likely N-dealkylation sites (tertiary alicyclic amines) is 1. The molecule has 0 amide bonds. The molecule has 1 aliphatic rings. The van der Waals surface area contributed by atoms with Gasteiger partial charge in [-0.3, -0.25) is 9.88 Å². The van der Waals surface area contributed by atoms with Gasteiger partial charge in [-0.15, -0.1) is 11.3 Å². The summed E-state index contributed by atoms with van der Waals surface area (Å²) in [5.41, 5.74) is 1.90. The molecule has 0 saturated carbocycles. The van der Waals surface area contributed by atoms with Gasteiger partial charge < -0.3 is 4.52 Å². The van der Waals surface area contributed by atoms with Crippen LogP contribution in [0, 0.1) is 0 Å². The lowest BCUT2D eigenvalue weighted by atomic mass is 10.0. The summed E-state index contributed by atoms with van der Waals surface area (Å²) in [6.45, 7) is 1.86. The Bertz CT molecular complexity index is 741. The summed E-state index contributed by atoms with van der Waals surface area (Å²) < 4.78 is 5.56. The normalized spacial score (nSPS) is 19.0. The third-order valence-corrected chi connectivity index (χ3v) is 5.12. The Morgan fingerprint density at radius 3 is 2.96 bits per heavy atom. The molecular weight excluding hydrogens is 308 g/mol. The number of nitrogens with zero attached hydrogens (tertiary/aromatic N) is 4. The zero-order valence-corrected chi connectivity index (χ0v) is 13.6. The third-order valence-electron chi connectivity index (χ3n) is 4.24. The second-order valence-corrected chi connectivity index (χ2v) is 6.69. The van der Waals surface area contributed by atoms with Gasteiger partial charge in [-0.05, 0) is 31.5 Å². The lowest BCUT2D eigenvalue weighted by Gasteiger charge is -2.33. The fraction of sp³-hybridized carbons (Fsp3) is 0.353. The molecule has 5 nitrogen and oxygen atoms in total. The predicted octanol–water partition coefficient (Wildman–Crippen LogP) is 3.92. The van der Waals surface area contributed by atoms with E-state index in [9.17, 15) is 0 Å². The van der Waals surface area contributed by atoms with Crippen molar-refractivity contribution < 1.29 is 4.52 Å². The number of aromatic nitrogens is 3. The lowest BCUT2D eigenvalue weighted by Crippen LogP contribution is -2.32. The lowest BCUT2D eigenvalue weighted by molar-refractivity contribution is 0.126. The van der Waals surface area contributed by atoms with Crippen molar-refractivity contribution in [3.63, 3.8) is 0 Å². The molecule has 118 valence electrons. The number of pyridine rings is 1. The van der Waals surface area contributed by atoms with Crippen molar-refractivity contribution in [2.24, 2.45) is 0 Å². The van der Waals surface area contributed by atoms with Crippen molar-refractivity contribution in [2.45, 2.75) is 31.8 Å². The summed E-state index contributed by atoms with van der Waals surface area (Å²) in [6, 6.07) is 6.32. The van der Waals surface area contributed by atoms with Crippen LogP contribution in [0.3, 0.4) is 0 Å². The first-order valence-corrected chi connectivity index (χ1v) is 8.77. The zero-order chi connectivity index (χ0) is 15.5. The van der Waals surface area contributed by atoms with Crippen molar-refractivity contribution in [2.75, 3.05) is 6.54 Å². The van der Waals surface area contributed by atoms with Crippen LogP contribution in [-0.2, 0) is 6.54 Å². The number of hydrogen-bond donors (Lipinski definition) is 0. The monoisotopic (exact) mass is 326 g/mol. The molecule has 1 saturated heterocycles. The van der Waals surface area contributed by atoms with Crippen LogP contribution in [0.25, 0.3) is 11.3 Å². The molecular formula is C17H18N4OS. The highest BCUT2D eigenvalue weighted by molar-refractivity contribution is 7.09. The SMILES string of the molecule is c1cc(-c2cc(CN3CCCCC3c3nccs3)on2)ccn1. The van der Waals surface area contributed by atoms with Crippen LogP contribution in [0.5, 0.6) is 0 Å². The Labute approximate surface area is 139 Å². The molecule has 3 aromatic rings. The molecule has 0 aliphatic carbocycles. The average molecular weight is 326 g/mol. The standard InChI is InChI=1S/C17H18N4OS/c1-2-9-21(16(3-1)17-19-8-10-23-17)12-14-11-15(20-22-14)13-4-6-18-7-5-13/h4-8,10-11,16H,1-3,9,12H2. The maximum absolute atomic E-state index is 5.56. The second-order valence-electron chi connectivity index (χ2n) is 5.77. The molecule has 1 unspecified atom stereocenters. The van der Waals surface area contributed by atoms with Crippen LogP contribution in [0.15, 0.2) is 46.7 Å². The van der Waals surface area contributed by atoms with Gasteiger partial charge in [-0.25, -0.2) is 4.98 Å². The van der Waals surface area contributed by atoms with Crippen LogP contribution < -0.4 is 0 Å². The fourth-order valence-corrected chi connectivity index (χ4v) is 3.91. The highest BCUT2D eigenvalue weighted by Gasteiger charge is 2.26. The molecule has 0 aromatic carbocycles. The molecule has 4 rings (SSSR count). The predicted molar refractivity (Wildman–Crippen MR) is 88.9 cm³/mol. The van der Waals surface area contributed by atoms with Gasteiger partial charge >= 0.3 is 0 Å². The fourth-order valence-electron chi connectivity index (χ4n) is 3.11. The van der Waals surface area contributed by atoms with Crippen molar-refractivity contribution >= 4 is 11.3 Å². The van der Waals surface area contributed by atoms with E-state index in [2.05, 4.69) is 25.4 Å². The van der Waals surface area contributed by atoms with Gasteiger partial charge in [0.15, 0.2) is 5.76 Å². The first-order valence-electron chi connectivity index (χ1n) is 7.89. The summed E-state index contributed by atoms with van der Waals surface area (Å²) in [5, 5.41) is 7.46. The van der Waals surface area contributed by atoms with Crippen molar-refractivity contribution in [3.8, 4) is 11.3 Å². The molecule has 3 aromatic heterocycles. The van der Waals surface area contributed by atoms with E-state index in [0.29, 0.717) is 6.04 Å². The van der Waals surface area contributed by atoms with Gasteiger partial charge in [0.25, 0.3) is 0 Å². The Kier molecular flexibility index (Phi) is 4.17. The molecule has 0 N–H and O–H groups in total.